The number of aryl methyl sites for hydroxylation is 2. The Balaban J connectivity index is 0.000000181. The van der Waals surface area contributed by atoms with Crippen LogP contribution in [0.1, 0.15) is 51.9 Å². The van der Waals surface area contributed by atoms with Gasteiger partial charge >= 0.3 is 0 Å². The van der Waals surface area contributed by atoms with Gasteiger partial charge < -0.3 is 67.5 Å². The molecule has 4 aliphatic heterocycles. The molecule has 0 aliphatic carbocycles. The summed E-state index contributed by atoms with van der Waals surface area (Å²) < 4.78 is 132. The van der Waals surface area contributed by atoms with Crippen LogP contribution >= 0.6 is 0 Å². The molecule has 0 unspecified atom stereocenters. The fourth-order valence-corrected chi connectivity index (χ4v) is 11.9. The van der Waals surface area contributed by atoms with Crippen molar-refractivity contribution in [2.45, 2.75) is 33.6 Å². The molecular formula is C73H72F4N10O14. The van der Waals surface area contributed by atoms with Crippen LogP contribution in [0, 0.1) is 37.1 Å². The number of nitrogens with zero attached hydrogens (tertiary/aromatic N) is 8. The third-order valence-electron chi connectivity index (χ3n) is 16.8. The number of methoxy groups -OCH3 is 1. The lowest BCUT2D eigenvalue weighted by Gasteiger charge is -2.26. The minimum atomic E-state index is -0.724. The second kappa shape index (κ2) is 31.5. The van der Waals surface area contributed by atoms with Crippen molar-refractivity contribution in [3.8, 4) is 80.4 Å². The van der Waals surface area contributed by atoms with E-state index in [1.54, 1.807) is 75.8 Å². The second-order valence-corrected chi connectivity index (χ2v) is 23.7. The number of hydrogen-bond donors (Lipinski definition) is 2. The number of anilines is 2. The largest absolute Gasteiger partial charge is 0.493 e. The Labute approximate surface area is 577 Å². The summed E-state index contributed by atoms with van der Waals surface area (Å²) in [5, 5.41) is 15.1. The lowest BCUT2D eigenvalue weighted by molar-refractivity contribution is 0.0356. The monoisotopic (exact) mass is 1390 g/mol. The van der Waals surface area contributed by atoms with Gasteiger partial charge in [-0.3, -0.25) is 29.4 Å². The van der Waals surface area contributed by atoms with Gasteiger partial charge in [0.25, 0.3) is 11.8 Å². The number of benzene rings is 6. The van der Waals surface area contributed by atoms with Crippen molar-refractivity contribution < 1.29 is 84.0 Å². The smallest absolute Gasteiger partial charge is 0.280 e. The summed E-state index contributed by atoms with van der Waals surface area (Å²) in [4.78, 5) is 40.2. The van der Waals surface area contributed by atoms with Gasteiger partial charge in [0.05, 0.1) is 98.9 Å². The van der Waals surface area contributed by atoms with E-state index < -0.39 is 23.4 Å². The summed E-state index contributed by atoms with van der Waals surface area (Å²) in [5.41, 5.74) is 3.73. The Kier molecular flexibility index (Phi) is 21.4. The number of pyridine rings is 2. The standard InChI is InChI=1S/C37H37F2N5O7.C36H35F2N5O7/c1-3-47-32-22-44(28-7-5-24(38)19-23(28)2)42-34(32)37(45)41-25-6-8-29(26(39)20-25)51-30-9-10-40-27-21-31(35-36(33(27)30)50-18-17-49-35)48-14-4-11-43-12-15-46-16-13-43;1-22-18-23(37)4-6-27(22)43-21-31(45-2)33(41-43)36(44)40-24-5-7-28(25(38)19-24)50-29-8-9-39-26-20-30(34-35(32(26)29)49-17-16-48-34)47-13-3-10-42-11-14-46-15-12-42/h5-10,19-22H,3-4,11-18H2,1-2H3,(H,41,45);4-9,18-21H,3,10-17H2,1-2H3,(H,40,44). The summed E-state index contributed by atoms with van der Waals surface area (Å²) in [6.45, 7) is 16.2. The third-order valence-corrected chi connectivity index (χ3v) is 16.8. The molecule has 0 spiro atoms. The van der Waals surface area contributed by atoms with Crippen LogP contribution in [0.15, 0.2) is 122 Å². The van der Waals surface area contributed by atoms with E-state index in [0.29, 0.717) is 130 Å². The molecule has 14 rings (SSSR count). The van der Waals surface area contributed by atoms with Crippen LogP contribution in [0.4, 0.5) is 28.9 Å². The molecule has 2 fully saturated rings. The number of carbonyl (C=O) groups is 2. The Morgan fingerprint density at radius 1 is 0.485 bits per heavy atom. The van der Waals surface area contributed by atoms with E-state index >= 15 is 8.78 Å². The lowest BCUT2D eigenvalue weighted by atomic mass is 10.1. The maximum Gasteiger partial charge on any atom is 0.280 e. The molecular weight excluding hydrogens is 1320 g/mol. The third kappa shape index (κ3) is 15.9. The topological polar surface area (TPSA) is 237 Å². The zero-order valence-electron chi connectivity index (χ0n) is 55.8. The first-order valence-electron chi connectivity index (χ1n) is 33.0. The highest BCUT2D eigenvalue weighted by atomic mass is 19.1. The average molecular weight is 1390 g/mol. The molecule has 2 saturated heterocycles. The van der Waals surface area contributed by atoms with E-state index in [4.69, 9.17) is 56.8 Å². The van der Waals surface area contributed by atoms with Gasteiger partial charge in [-0.1, -0.05) is 0 Å². The second-order valence-electron chi connectivity index (χ2n) is 23.7. The molecule has 0 bridgehead atoms. The summed E-state index contributed by atoms with van der Waals surface area (Å²) in [6, 6.07) is 23.4. The van der Waals surface area contributed by atoms with E-state index in [-0.39, 0.29) is 64.0 Å². The number of rotatable bonds is 23. The van der Waals surface area contributed by atoms with Gasteiger partial charge in [-0.25, -0.2) is 26.9 Å². The molecule has 8 heterocycles. The van der Waals surface area contributed by atoms with Crippen molar-refractivity contribution in [2.24, 2.45) is 0 Å². The van der Waals surface area contributed by atoms with Crippen LogP contribution in [0.25, 0.3) is 33.2 Å². The van der Waals surface area contributed by atoms with Crippen molar-refractivity contribution in [3.05, 3.63) is 168 Å². The maximum absolute atomic E-state index is 15.5. The minimum absolute atomic E-state index is 0.0167. The van der Waals surface area contributed by atoms with Gasteiger partial charge in [0.15, 0.2) is 69.0 Å². The first-order chi connectivity index (χ1) is 49.2. The lowest BCUT2D eigenvalue weighted by Crippen LogP contribution is -2.37. The van der Waals surface area contributed by atoms with Crippen LogP contribution in [0.5, 0.6) is 69.0 Å². The molecule has 101 heavy (non-hydrogen) atoms. The van der Waals surface area contributed by atoms with Crippen molar-refractivity contribution in [2.75, 3.05) is 130 Å². The van der Waals surface area contributed by atoms with Crippen LogP contribution in [-0.4, -0.2) is 170 Å². The quantitative estimate of drug-likeness (QED) is 0.0447. The zero-order valence-corrected chi connectivity index (χ0v) is 55.8. The summed E-state index contributed by atoms with van der Waals surface area (Å²) in [6.07, 6.45) is 7.83. The predicted molar refractivity (Wildman–Crippen MR) is 363 cm³/mol. The number of morpholine rings is 2. The van der Waals surface area contributed by atoms with Crippen molar-refractivity contribution in [1.29, 1.82) is 0 Å². The number of fused-ring (bicyclic) bond motifs is 6. The molecule has 0 atom stereocenters. The van der Waals surface area contributed by atoms with Crippen molar-refractivity contribution in [3.63, 3.8) is 0 Å². The number of hydrogen-bond acceptors (Lipinski definition) is 20. The predicted octanol–water partition coefficient (Wildman–Crippen LogP) is 12.3. The number of amides is 2. The molecule has 0 radical (unpaired) electrons. The maximum atomic E-state index is 15.5. The summed E-state index contributed by atoms with van der Waals surface area (Å²) >= 11 is 0. The number of carbonyl (C=O) groups excluding carboxylic acids is 2. The highest BCUT2D eigenvalue weighted by Crippen LogP contribution is 2.50. The van der Waals surface area contributed by atoms with Crippen molar-refractivity contribution in [1.82, 2.24) is 39.3 Å². The van der Waals surface area contributed by atoms with Crippen LogP contribution in [0.3, 0.4) is 0 Å². The number of aromatic nitrogens is 6. The molecule has 2 N–H and O–H groups in total. The van der Waals surface area contributed by atoms with E-state index in [2.05, 4.69) is 40.6 Å². The number of nitrogens with one attached hydrogen (secondary N) is 2. The number of halogens is 4. The van der Waals surface area contributed by atoms with Gasteiger partial charge in [-0.05, 0) is 118 Å². The minimum Gasteiger partial charge on any atom is -0.493 e. The molecule has 4 aromatic heterocycles. The Bertz CT molecular complexity index is 4660. The van der Waals surface area contributed by atoms with Gasteiger partial charge in [0, 0.05) is 87.3 Å². The molecule has 2 amide bonds. The van der Waals surface area contributed by atoms with Crippen LogP contribution < -0.4 is 58.0 Å². The molecule has 0 saturated carbocycles. The SMILES string of the molecule is CCOc1cn(-c2ccc(F)cc2C)nc1C(=O)Nc1ccc(Oc2ccnc3cc(OCCCN4CCOCC4)c4c(c23)OCCO4)c(F)c1.COc1cn(-c2ccc(F)cc2C)nc1C(=O)Nc1ccc(Oc2ccnc3cc(OCCCN4CCOCC4)c4c(c23)OCCO4)c(F)c1. The Morgan fingerprint density at radius 2 is 0.921 bits per heavy atom. The zero-order chi connectivity index (χ0) is 69.9. The van der Waals surface area contributed by atoms with Crippen LogP contribution in [-0.2, 0) is 9.47 Å². The fraction of sp³-hybridized carbons (Fsp3) is 0.315. The van der Waals surface area contributed by atoms with Gasteiger partial charge in [-0.2, -0.15) is 10.2 Å². The summed E-state index contributed by atoms with van der Waals surface area (Å²) in [7, 11) is 1.40. The first-order valence-corrected chi connectivity index (χ1v) is 33.0. The van der Waals surface area contributed by atoms with Gasteiger partial charge in [-0.15, -0.1) is 0 Å². The van der Waals surface area contributed by atoms with Crippen molar-refractivity contribution >= 4 is 45.0 Å². The fourth-order valence-electron chi connectivity index (χ4n) is 11.9. The van der Waals surface area contributed by atoms with E-state index in [1.165, 1.54) is 71.2 Å². The number of ether oxygens (including phenoxy) is 12. The average Bonchev–Trinajstić information content (AvgIpc) is 1.63. The molecule has 24 nitrogen and oxygen atoms in total. The first kappa shape index (κ1) is 68.6. The van der Waals surface area contributed by atoms with E-state index in [1.807, 2.05) is 0 Å². The molecule has 526 valence electrons. The normalized spacial score (nSPS) is 14.4. The Morgan fingerprint density at radius 3 is 1.35 bits per heavy atom. The van der Waals surface area contributed by atoms with Crippen LogP contribution in [0.2, 0.25) is 0 Å². The Hall–Kier alpha value is -10.9. The molecule has 4 aliphatic rings. The molecule has 10 aromatic rings. The van der Waals surface area contributed by atoms with Gasteiger partial charge in [0.1, 0.15) is 49.6 Å². The van der Waals surface area contributed by atoms with Gasteiger partial charge in [0.2, 0.25) is 11.5 Å². The highest BCUT2D eigenvalue weighted by Gasteiger charge is 2.29. The summed E-state index contributed by atoms with van der Waals surface area (Å²) in [5.74, 6) is 0.125. The highest BCUT2D eigenvalue weighted by molar-refractivity contribution is 6.05. The van der Waals surface area contributed by atoms with E-state index in [9.17, 15) is 18.4 Å². The molecule has 6 aromatic carbocycles. The van der Waals surface area contributed by atoms with E-state index in [0.717, 1.165) is 90.7 Å². The molecule has 28 heteroatoms.